The first-order chi connectivity index (χ1) is 8.77. The lowest BCUT2D eigenvalue weighted by Gasteiger charge is -2.16. The molecule has 11 heteroatoms. The van der Waals surface area contributed by atoms with Crippen molar-refractivity contribution in [2.24, 2.45) is 0 Å². The zero-order valence-electron chi connectivity index (χ0n) is 9.51. The molecule has 0 spiro atoms. The average Bonchev–Trinajstić information content (AvgIpc) is 2.59. The number of thiol groups is 1. The van der Waals surface area contributed by atoms with E-state index in [4.69, 9.17) is 4.55 Å². The van der Waals surface area contributed by atoms with E-state index in [2.05, 4.69) is 16.5 Å². The summed E-state index contributed by atoms with van der Waals surface area (Å²) in [5, 5.41) is -1.62. The van der Waals surface area contributed by atoms with Crippen molar-refractivity contribution in [3.63, 3.8) is 0 Å². The van der Waals surface area contributed by atoms with Crippen LogP contribution in [-0.4, -0.2) is 46.8 Å². The summed E-state index contributed by atoms with van der Waals surface area (Å²) in [6, 6.07) is 0. The predicted molar refractivity (Wildman–Crippen MR) is 68.6 cm³/mol. The molecule has 108 valence electrons. The van der Waals surface area contributed by atoms with E-state index in [1.807, 2.05) is 0 Å². The lowest BCUT2D eigenvalue weighted by Crippen LogP contribution is -2.39. The largest absolute Gasteiger partial charge is 0.353 e. The van der Waals surface area contributed by atoms with Crippen molar-refractivity contribution < 1.29 is 32.2 Å². The van der Waals surface area contributed by atoms with Gasteiger partial charge in [0.15, 0.2) is 5.25 Å². The summed E-state index contributed by atoms with van der Waals surface area (Å²) in [5.74, 6) is -2.66. The maximum Gasteiger partial charge on any atom is 0.353 e. The number of hydrogen-bond acceptors (Lipinski definition) is 8. The van der Waals surface area contributed by atoms with Gasteiger partial charge in [-0.15, -0.1) is 16.7 Å². The second kappa shape index (κ2) is 6.59. The zero-order valence-corrected chi connectivity index (χ0v) is 12.0. The number of hydrogen-bond donors (Lipinski definition) is 2. The van der Waals surface area contributed by atoms with Crippen LogP contribution < -0.4 is 0 Å². The molecule has 1 atom stereocenters. The highest BCUT2D eigenvalue weighted by molar-refractivity contribution is 8.68. The fourth-order valence-electron chi connectivity index (χ4n) is 1.35. The molecular formula is C8H11NO7S3. The smallest absolute Gasteiger partial charge is 0.329 e. The van der Waals surface area contributed by atoms with Crippen LogP contribution in [0.25, 0.3) is 0 Å². The Bertz CT molecular complexity index is 473. The highest BCUT2D eigenvalue weighted by Gasteiger charge is 2.38. The van der Waals surface area contributed by atoms with Gasteiger partial charge in [0.05, 0.1) is 0 Å². The molecule has 8 nitrogen and oxygen atoms in total. The molecule has 1 fully saturated rings. The van der Waals surface area contributed by atoms with E-state index in [0.717, 1.165) is 10.8 Å². The van der Waals surface area contributed by atoms with E-state index in [9.17, 15) is 22.8 Å². The van der Waals surface area contributed by atoms with Gasteiger partial charge >= 0.3 is 5.97 Å². The fraction of sp³-hybridized carbons (Fsp3) is 0.625. The molecule has 1 rings (SSSR count). The Morgan fingerprint density at radius 2 is 1.95 bits per heavy atom. The second-order valence-corrected chi connectivity index (χ2v) is 6.66. The van der Waals surface area contributed by atoms with Gasteiger partial charge in [-0.1, -0.05) is 10.8 Å². The number of nitrogens with zero attached hydrogens (tertiary/aromatic N) is 1. The van der Waals surface area contributed by atoms with Crippen LogP contribution in [0.3, 0.4) is 0 Å². The van der Waals surface area contributed by atoms with Gasteiger partial charge in [0.1, 0.15) is 0 Å². The molecule has 0 saturated carbocycles. The Labute approximate surface area is 118 Å². The van der Waals surface area contributed by atoms with Crippen molar-refractivity contribution in [3.8, 4) is 0 Å². The molecule has 1 unspecified atom stereocenters. The first-order valence-corrected chi connectivity index (χ1v) is 8.61. The van der Waals surface area contributed by atoms with Crippen LogP contribution in [0.15, 0.2) is 0 Å². The van der Waals surface area contributed by atoms with Crippen molar-refractivity contribution >= 4 is 50.4 Å². The van der Waals surface area contributed by atoms with Crippen molar-refractivity contribution in [1.82, 2.24) is 5.06 Å². The molecule has 0 bridgehead atoms. The van der Waals surface area contributed by atoms with Crippen LogP contribution in [0.5, 0.6) is 0 Å². The van der Waals surface area contributed by atoms with Gasteiger partial charge in [-0.2, -0.15) is 8.42 Å². The third kappa shape index (κ3) is 4.37. The minimum atomic E-state index is -4.68. The molecular weight excluding hydrogens is 318 g/mol. The second-order valence-electron chi connectivity index (χ2n) is 3.62. The number of carbonyl (C=O) groups is 3. The van der Waals surface area contributed by atoms with Crippen LogP contribution in [0, 0.1) is 0 Å². The molecule has 2 amide bonds. The van der Waals surface area contributed by atoms with Crippen LogP contribution in [-0.2, 0) is 29.3 Å². The lowest BCUT2D eigenvalue weighted by atomic mass is 10.3. The molecule has 1 heterocycles. The van der Waals surface area contributed by atoms with Gasteiger partial charge in [-0.25, -0.2) is 4.79 Å². The maximum absolute atomic E-state index is 11.6. The molecule has 1 aliphatic heterocycles. The van der Waals surface area contributed by atoms with Gasteiger partial charge < -0.3 is 4.84 Å². The van der Waals surface area contributed by atoms with E-state index >= 15 is 0 Å². The van der Waals surface area contributed by atoms with Crippen LogP contribution in [0.2, 0.25) is 0 Å². The average molecular weight is 329 g/mol. The Kier molecular flexibility index (Phi) is 5.64. The number of carbonyl (C=O) groups excluding carboxylic acids is 3. The minimum absolute atomic E-state index is 0.102. The zero-order chi connectivity index (χ0) is 14.6. The highest BCUT2D eigenvalue weighted by atomic mass is 33.1. The third-order valence-corrected chi connectivity index (χ3v) is 4.39. The molecule has 0 aromatic rings. The Morgan fingerprint density at radius 1 is 1.42 bits per heavy atom. The first-order valence-electron chi connectivity index (χ1n) is 5.07. The van der Waals surface area contributed by atoms with Crippen molar-refractivity contribution in [3.05, 3.63) is 0 Å². The quantitative estimate of drug-likeness (QED) is 0.298. The van der Waals surface area contributed by atoms with Gasteiger partial charge in [0.25, 0.3) is 21.9 Å². The Balaban J connectivity index is 2.77. The third-order valence-electron chi connectivity index (χ3n) is 2.28. The molecule has 1 N–H and O–H groups in total. The summed E-state index contributed by atoms with van der Waals surface area (Å²) >= 11 is 3.77. The molecule has 19 heavy (non-hydrogen) atoms. The summed E-state index contributed by atoms with van der Waals surface area (Å²) in [6.07, 6.45) is -0.452. The summed E-state index contributed by atoms with van der Waals surface area (Å²) in [4.78, 5) is 38.5. The first kappa shape index (κ1) is 16.3. The summed E-state index contributed by atoms with van der Waals surface area (Å²) in [5.41, 5.74) is 0. The molecule has 0 aromatic heterocycles. The molecule has 1 aliphatic rings. The predicted octanol–water partition coefficient (Wildman–Crippen LogP) is -0.182. The van der Waals surface area contributed by atoms with Crippen LogP contribution in [0.4, 0.5) is 0 Å². The van der Waals surface area contributed by atoms with Crippen molar-refractivity contribution in [2.45, 2.75) is 24.5 Å². The Hall–Kier alpha value is -0.780. The number of amides is 2. The molecule has 1 saturated heterocycles. The van der Waals surface area contributed by atoms with E-state index < -0.39 is 33.2 Å². The maximum atomic E-state index is 11.6. The van der Waals surface area contributed by atoms with Crippen molar-refractivity contribution in [1.29, 1.82) is 0 Å². The topological polar surface area (TPSA) is 118 Å². The van der Waals surface area contributed by atoms with Crippen LogP contribution >= 0.6 is 22.5 Å². The molecule has 0 aromatic carbocycles. The van der Waals surface area contributed by atoms with Gasteiger partial charge in [-0.3, -0.25) is 14.1 Å². The molecule has 0 radical (unpaired) electrons. The van der Waals surface area contributed by atoms with Gasteiger partial charge in [0.2, 0.25) is 0 Å². The molecule has 0 aliphatic carbocycles. The van der Waals surface area contributed by atoms with E-state index in [0.29, 0.717) is 0 Å². The SMILES string of the molecule is O=C(ON1C(=O)CCC1=O)C(CCSS)S(=O)(=O)O. The summed E-state index contributed by atoms with van der Waals surface area (Å²) in [6.45, 7) is 0. The monoisotopic (exact) mass is 329 g/mol. The van der Waals surface area contributed by atoms with E-state index in [1.165, 1.54) is 0 Å². The number of imide groups is 1. The van der Waals surface area contributed by atoms with E-state index in [1.54, 1.807) is 0 Å². The number of rotatable bonds is 6. The highest BCUT2D eigenvalue weighted by Crippen LogP contribution is 2.17. The number of hydroxylamine groups is 2. The lowest BCUT2D eigenvalue weighted by molar-refractivity contribution is -0.197. The fourth-order valence-corrected chi connectivity index (χ4v) is 2.86. The normalized spacial score (nSPS) is 17.7. The summed E-state index contributed by atoms with van der Waals surface area (Å²) < 4.78 is 31.0. The Morgan fingerprint density at radius 3 is 2.37 bits per heavy atom. The van der Waals surface area contributed by atoms with Gasteiger partial charge in [-0.05, 0) is 6.42 Å². The van der Waals surface area contributed by atoms with E-state index in [-0.39, 0.29) is 30.1 Å². The van der Waals surface area contributed by atoms with Gasteiger partial charge in [0, 0.05) is 18.6 Å². The standard InChI is InChI=1S/C8H11NO7S3/c10-6-1-2-7(11)9(6)16-8(12)5(3-4-18-17)19(13,14)15/h5,17H,1-4H2,(H,13,14,15). The summed E-state index contributed by atoms with van der Waals surface area (Å²) in [7, 11) is -3.71. The van der Waals surface area contributed by atoms with Crippen molar-refractivity contribution in [2.75, 3.05) is 5.75 Å². The minimum Gasteiger partial charge on any atom is -0.329 e. The van der Waals surface area contributed by atoms with Crippen LogP contribution in [0.1, 0.15) is 19.3 Å².